The van der Waals surface area contributed by atoms with Gasteiger partial charge in [-0.15, -0.1) is 11.3 Å². The number of pyridine rings is 1. The number of hydrogen-bond acceptors (Lipinski definition) is 5. The number of nitrogens with zero attached hydrogens (tertiary/aromatic N) is 1. The van der Waals surface area contributed by atoms with E-state index in [1.807, 2.05) is 19.1 Å². The summed E-state index contributed by atoms with van der Waals surface area (Å²) in [6.45, 7) is 2.16. The third-order valence-electron chi connectivity index (χ3n) is 2.86. The average molecular weight is 292 g/mol. The predicted octanol–water partition coefficient (Wildman–Crippen LogP) is 1.05. The van der Waals surface area contributed by atoms with Crippen LogP contribution in [-0.4, -0.2) is 30.4 Å². The normalized spacial score (nSPS) is 10.5. The molecule has 4 N–H and O–H groups in total. The highest BCUT2D eigenvalue weighted by Gasteiger charge is 2.17. The third kappa shape index (κ3) is 2.88. The van der Waals surface area contributed by atoms with Crippen LogP contribution in [0.25, 0.3) is 10.2 Å². The number of rotatable bonds is 4. The number of hydrogen-bond donors (Lipinski definition) is 3. The van der Waals surface area contributed by atoms with Gasteiger partial charge in [-0.1, -0.05) is 0 Å². The lowest BCUT2D eigenvalue weighted by atomic mass is 10.2. The minimum atomic E-state index is -0.271. The van der Waals surface area contributed by atoms with Crippen molar-refractivity contribution in [3.63, 3.8) is 0 Å². The van der Waals surface area contributed by atoms with Crippen molar-refractivity contribution >= 4 is 39.1 Å². The molecular formula is C13H16N4O2S. The first-order valence-corrected chi connectivity index (χ1v) is 6.99. The van der Waals surface area contributed by atoms with Crippen molar-refractivity contribution in [1.82, 2.24) is 15.6 Å². The van der Waals surface area contributed by atoms with Crippen molar-refractivity contribution in [3.8, 4) is 0 Å². The lowest BCUT2D eigenvalue weighted by molar-refractivity contribution is -0.120. The highest BCUT2D eigenvalue weighted by atomic mass is 32.1. The molecule has 6 nitrogen and oxygen atoms in total. The summed E-state index contributed by atoms with van der Waals surface area (Å²) in [4.78, 5) is 28.7. The maximum Gasteiger partial charge on any atom is 0.263 e. The molecule has 2 aromatic rings. The van der Waals surface area contributed by atoms with Crippen LogP contribution in [0.1, 0.15) is 21.8 Å². The zero-order valence-electron chi connectivity index (χ0n) is 11.3. The van der Waals surface area contributed by atoms with Gasteiger partial charge in [-0.05, 0) is 19.1 Å². The van der Waals surface area contributed by atoms with Gasteiger partial charge in [0.05, 0.1) is 5.69 Å². The standard InChI is InChI=1S/C13H16N4O2S/c1-7-3-4-8-10(14)11(20-13(8)17-7)12(19)16-6-5-9(18)15-2/h3-4H,5-6,14H2,1-2H3,(H,15,18)(H,16,19). The number of fused-ring (bicyclic) bond motifs is 1. The molecule has 0 spiro atoms. The Morgan fingerprint density at radius 1 is 1.40 bits per heavy atom. The van der Waals surface area contributed by atoms with E-state index < -0.39 is 0 Å². The van der Waals surface area contributed by atoms with Crippen molar-refractivity contribution in [3.05, 3.63) is 22.7 Å². The summed E-state index contributed by atoms with van der Waals surface area (Å²) in [7, 11) is 1.56. The van der Waals surface area contributed by atoms with Crippen molar-refractivity contribution in [2.24, 2.45) is 0 Å². The van der Waals surface area contributed by atoms with Gasteiger partial charge in [-0.3, -0.25) is 9.59 Å². The molecular weight excluding hydrogens is 276 g/mol. The number of thiophene rings is 1. The highest BCUT2D eigenvalue weighted by Crippen LogP contribution is 2.32. The van der Waals surface area contributed by atoms with Gasteiger partial charge in [-0.25, -0.2) is 4.98 Å². The van der Waals surface area contributed by atoms with Crippen LogP contribution in [0.15, 0.2) is 12.1 Å². The number of nitrogens with two attached hydrogens (primary N) is 1. The molecule has 0 atom stereocenters. The van der Waals surface area contributed by atoms with Gasteiger partial charge in [0.25, 0.3) is 5.91 Å². The third-order valence-corrected chi connectivity index (χ3v) is 3.97. The van der Waals surface area contributed by atoms with E-state index in [0.717, 1.165) is 15.9 Å². The second-order valence-corrected chi connectivity index (χ2v) is 5.33. The fourth-order valence-electron chi connectivity index (χ4n) is 1.75. The van der Waals surface area contributed by atoms with E-state index in [2.05, 4.69) is 15.6 Å². The van der Waals surface area contributed by atoms with Crippen LogP contribution in [0.3, 0.4) is 0 Å². The fourth-order valence-corrected chi connectivity index (χ4v) is 2.81. The smallest absolute Gasteiger partial charge is 0.263 e. The van der Waals surface area contributed by atoms with Crippen LogP contribution < -0.4 is 16.4 Å². The Labute approximate surface area is 120 Å². The Bertz CT molecular complexity index is 666. The number of amides is 2. The number of aryl methyl sites for hydroxylation is 1. The van der Waals surface area contributed by atoms with Gasteiger partial charge in [0.1, 0.15) is 9.71 Å². The molecule has 0 aliphatic rings. The van der Waals surface area contributed by atoms with Gasteiger partial charge in [0.15, 0.2) is 0 Å². The predicted molar refractivity (Wildman–Crippen MR) is 79.8 cm³/mol. The van der Waals surface area contributed by atoms with Crippen LogP contribution in [0, 0.1) is 6.92 Å². The number of carbonyl (C=O) groups is 2. The molecule has 0 fully saturated rings. The molecule has 0 unspecified atom stereocenters. The first kappa shape index (κ1) is 14.3. The van der Waals surface area contributed by atoms with Crippen molar-refractivity contribution in [1.29, 1.82) is 0 Å². The lowest BCUT2D eigenvalue weighted by Gasteiger charge is -2.03. The van der Waals surface area contributed by atoms with Gasteiger partial charge in [0.2, 0.25) is 5.91 Å². The molecule has 0 bridgehead atoms. The number of anilines is 1. The fraction of sp³-hybridized carbons (Fsp3) is 0.308. The molecule has 2 heterocycles. The van der Waals surface area contributed by atoms with Crippen LogP contribution in [0.4, 0.5) is 5.69 Å². The van der Waals surface area contributed by atoms with E-state index in [4.69, 9.17) is 5.73 Å². The number of aromatic nitrogens is 1. The molecule has 0 aliphatic carbocycles. The summed E-state index contributed by atoms with van der Waals surface area (Å²) in [6.07, 6.45) is 0.240. The summed E-state index contributed by atoms with van der Waals surface area (Å²) >= 11 is 1.26. The molecule has 0 aliphatic heterocycles. The molecule has 0 radical (unpaired) electrons. The van der Waals surface area contributed by atoms with Crippen molar-refractivity contribution in [2.75, 3.05) is 19.3 Å². The molecule has 0 aromatic carbocycles. The van der Waals surface area contributed by atoms with Crippen LogP contribution >= 0.6 is 11.3 Å². The zero-order valence-corrected chi connectivity index (χ0v) is 12.1. The molecule has 0 saturated heterocycles. The van der Waals surface area contributed by atoms with Crippen LogP contribution in [0.5, 0.6) is 0 Å². The molecule has 2 aromatic heterocycles. The van der Waals surface area contributed by atoms with E-state index in [1.54, 1.807) is 7.05 Å². The van der Waals surface area contributed by atoms with E-state index in [0.29, 0.717) is 10.6 Å². The molecule has 106 valence electrons. The second kappa shape index (κ2) is 5.87. The van der Waals surface area contributed by atoms with Gasteiger partial charge in [0, 0.05) is 31.1 Å². The maximum atomic E-state index is 12.0. The Morgan fingerprint density at radius 2 is 2.15 bits per heavy atom. The summed E-state index contributed by atoms with van der Waals surface area (Å²) in [5.74, 6) is -0.390. The first-order valence-electron chi connectivity index (χ1n) is 6.17. The Hall–Kier alpha value is -2.15. The molecule has 0 saturated carbocycles. The van der Waals surface area contributed by atoms with Crippen molar-refractivity contribution in [2.45, 2.75) is 13.3 Å². The molecule has 2 rings (SSSR count). The Kier molecular flexibility index (Phi) is 4.19. The average Bonchev–Trinajstić information content (AvgIpc) is 2.75. The Balaban J connectivity index is 2.14. The summed E-state index contributed by atoms with van der Waals surface area (Å²) < 4.78 is 0. The zero-order chi connectivity index (χ0) is 14.7. The Morgan fingerprint density at radius 3 is 2.85 bits per heavy atom. The van der Waals surface area contributed by atoms with Gasteiger partial charge in [-0.2, -0.15) is 0 Å². The summed E-state index contributed by atoms with van der Waals surface area (Å²) in [5, 5.41) is 5.97. The largest absolute Gasteiger partial charge is 0.397 e. The number of nitrogens with one attached hydrogen (secondary N) is 2. The number of carbonyl (C=O) groups excluding carboxylic acids is 2. The molecule has 2 amide bonds. The van der Waals surface area contributed by atoms with Crippen LogP contribution in [0.2, 0.25) is 0 Å². The summed E-state index contributed by atoms with van der Waals surface area (Å²) in [5.41, 5.74) is 7.30. The maximum absolute atomic E-state index is 12.0. The monoisotopic (exact) mass is 292 g/mol. The SMILES string of the molecule is CNC(=O)CCNC(=O)c1sc2nc(C)ccc2c1N. The number of nitrogen functional groups attached to an aromatic ring is 1. The molecule has 20 heavy (non-hydrogen) atoms. The lowest BCUT2D eigenvalue weighted by Crippen LogP contribution is -2.29. The van der Waals surface area contributed by atoms with Crippen molar-refractivity contribution < 1.29 is 9.59 Å². The van der Waals surface area contributed by atoms with E-state index in [9.17, 15) is 9.59 Å². The highest BCUT2D eigenvalue weighted by molar-refractivity contribution is 7.21. The topological polar surface area (TPSA) is 97.1 Å². The van der Waals surface area contributed by atoms with Gasteiger partial charge >= 0.3 is 0 Å². The first-order chi connectivity index (χ1) is 9.52. The summed E-state index contributed by atoms with van der Waals surface area (Å²) in [6, 6.07) is 3.73. The quantitative estimate of drug-likeness (QED) is 0.784. The van der Waals surface area contributed by atoms with E-state index >= 15 is 0 Å². The van der Waals surface area contributed by atoms with Crippen LogP contribution in [-0.2, 0) is 4.79 Å². The van der Waals surface area contributed by atoms with Gasteiger partial charge < -0.3 is 16.4 Å². The second-order valence-electron chi connectivity index (χ2n) is 4.33. The minimum Gasteiger partial charge on any atom is -0.397 e. The van der Waals surface area contributed by atoms with E-state index in [1.165, 1.54) is 11.3 Å². The minimum absolute atomic E-state index is 0.119. The molecule has 7 heteroatoms. The van der Waals surface area contributed by atoms with E-state index in [-0.39, 0.29) is 24.8 Å².